The molecule has 0 unspecified atom stereocenters. The van der Waals surface area contributed by atoms with Gasteiger partial charge in [0, 0.05) is 32.2 Å². The highest BCUT2D eigenvalue weighted by Gasteiger charge is 2.42. The molecule has 3 fully saturated rings. The minimum Gasteiger partial charge on any atom is -0.352 e. The summed E-state index contributed by atoms with van der Waals surface area (Å²) in [7, 11) is 0. The Morgan fingerprint density at radius 2 is 1.88 bits per heavy atom. The third-order valence-corrected chi connectivity index (χ3v) is 6.75. The van der Waals surface area contributed by atoms with Crippen molar-refractivity contribution in [3.05, 3.63) is 0 Å². The Kier molecular flexibility index (Phi) is 6.01. The topological polar surface area (TPSA) is 59.4 Å². The van der Waals surface area contributed by atoms with Gasteiger partial charge in [-0.05, 0) is 49.9 Å². The third kappa shape index (κ3) is 4.35. The quantitative estimate of drug-likeness (QED) is 0.800. The Bertz CT molecular complexity index is 506. The zero-order chi connectivity index (χ0) is 18.0. The van der Waals surface area contributed by atoms with Crippen LogP contribution in [0.1, 0.15) is 46.5 Å². The van der Waals surface area contributed by atoms with E-state index in [1.165, 1.54) is 25.7 Å². The zero-order valence-corrected chi connectivity index (χ0v) is 16.1. The lowest BCUT2D eigenvalue weighted by Gasteiger charge is -2.38. The largest absolute Gasteiger partial charge is 0.352 e. The summed E-state index contributed by atoms with van der Waals surface area (Å²) in [5.74, 6) is 2.99. The fourth-order valence-electron chi connectivity index (χ4n) is 5.37. The summed E-state index contributed by atoms with van der Waals surface area (Å²) in [6, 6.07) is 2.73. The maximum absolute atomic E-state index is 12.4. The van der Waals surface area contributed by atoms with Gasteiger partial charge < -0.3 is 5.32 Å². The lowest BCUT2D eigenvalue weighted by atomic mass is 9.84. The molecule has 2 bridgehead atoms. The van der Waals surface area contributed by atoms with E-state index >= 15 is 0 Å². The van der Waals surface area contributed by atoms with Gasteiger partial charge in [-0.3, -0.25) is 14.6 Å². The number of nitrogens with zero attached hydrogens (tertiary/aromatic N) is 3. The normalized spacial score (nSPS) is 32.5. The highest BCUT2D eigenvalue weighted by molar-refractivity contribution is 5.78. The number of rotatable bonds is 6. The third-order valence-electron chi connectivity index (χ3n) is 6.75. The number of nitrogens with one attached hydrogen (secondary N) is 1. The van der Waals surface area contributed by atoms with E-state index in [1.54, 1.807) is 0 Å². The zero-order valence-electron chi connectivity index (χ0n) is 16.1. The molecule has 3 aliphatic rings. The molecular weight excluding hydrogens is 312 g/mol. The summed E-state index contributed by atoms with van der Waals surface area (Å²) in [6.45, 7) is 10.4. The number of piperazine rings is 1. The van der Waals surface area contributed by atoms with Gasteiger partial charge in [0.15, 0.2) is 0 Å². The Labute approximate surface area is 152 Å². The second-order valence-electron chi connectivity index (χ2n) is 8.82. The van der Waals surface area contributed by atoms with Crippen LogP contribution in [0.25, 0.3) is 0 Å². The number of hydrogen-bond donors (Lipinski definition) is 1. The molecule has 0 spiro atoms. The summed E-state index contributed by atoms with van der Waals surface area (Å²) in [5.41, 5.74) is 0. The van der Waals surface area contributed by atoms with Crippen LogP contribution < -0.4 is 5.32 Å². The molecule has 5 atom stereocenters. The van der Waals surface area contributed by atoms with Crippen LogP contribution in [0.4, 0.5) is 0 Å². The van der Waals surface area contributed by atoms with Crippen LogP contribution >= 0.6 is 0 Å². The van der Waals surface area contributed by atoms with Crippen molar-refractivity contribution in [3.63, 3.8) is 0 Å². The fourth-order valence-corrected chi connectivity index (χ4v) is 5.37. The molecule has 140 valence electrons. The van der Waals surface area contributed by atoms with Gasteiger partial charge in [-0.2, -0.15) is 5.26 Å². The second-order valence-corrected chi connectivity index (χ2v) is 8.82. The van der Waals surface area contributed by atoms with E-state index in [9.17, 15) is 10.1 Å². The van der Waals surface area contributed by atoms with E-state index in [0.717, 1.165) is 38.0 Å². The monoisotopic (exact) mass is 346 g/mol. The molecule has 2 aliphatic carbocycles. The molecule has 5 nitrogen and oxygen atoms in total. The molecule has 1 heterocycles. The first kappa shape index (κ1) is 18.7. The smallest absolute Gasteiger partial charge is 0.234 e. The molecule has 25 heavy (non-hydrogen) atoms. The molecule has 1 N–H and O–H groups in total. The SMILES string of the molecule is CC(C)[C@H](C#N)N1CCN(CC(=O)N[C@H](C)[C@H]2C[C@H]3CC[C@H]2C3)CC1. The van der Waals surface area contributed by atoms with Gasteiger partial charge in [-0.15, -0.1) is 0 Å². The standard InChI is InChI=1S/C20H34N4O/c1-14(2)19(12-21)24-8-6-23(7-9-24)13-20(25)22-15(3)18-11-16-4-5-17(18)10-16/h14-19H,4-11,13H2,1-3H3,(H,22,25)/t15-,16+,17+,18-,19+/m1/s1. The van der Waals surface area contributed by atoms with Crippen LogP contribution in [0.2, 0.25) is 0 Å². The van der Waals surface area contributed by atoms with Crippen molar-refractivity contribution in [1.29, 1.82) is 5.26 Å². The first-order valence-electron chi connectivity index (χ1n) is 10.1. The van der Waals surface area contributed by atoms with Crippen molar-refractivity contribution in [2.45, 2.75) is 58.5 Å². The van der Waals surface area contributed by atoms with Crippen molar-refractivity contribution in [2.24, 2.45) is 23.7 Å². The van der Waals surface area contributed by atoms with Crippen LogP contribution in [0, 0.1) is 35.0 Å². The Morgan fingerprint density at radius 3 is 2.40 bits per heavy atom. The van der Waals surface area contributed by atoms with E-state index < -0.39 is 0 Å². The van der Waals surface area contributed by atoms with E-state index in [0.29, 0.717) is 24.4 Å². The van der Waals surface area contributed by atoms with Gasteiger partial charge in [0.2, 0.25) is 5.91 Å². The Balaban J connectivity index is 1.40. The summed E-state index contributed by atoms with van der Waals surface area (Å²) in [5, 5.41) is 12.6. The van der Waals surface area contributed by atoms with Gasteiger partial charge in [-0.1, -0.05) is 20.3 Å². The number of hydrogen-bond acceptors (Lipinski definition) is 4. The fraction of sp³-hybridized carbons (Fsp3) is 0.900. The molecule has 0 aromatic carbocycles. The van der Waals surface area contributed by atoms with E-state index in [4.69, 9.17) is 0 Å². The highest BCUT2D eigenvalue weighted by atomic mass is 16.2. The molecule has 0 aromatic rings. The summed E-state index contributed by atoms with van der Waals surface area (Å²) in [6.07, 6.45) is 5.48. The molecular formula is C20H34N4O. The van der Waals surface area contributed by atoms with Gasteiger partial charge in [0.25, 0.3) is 0 Å². The Morgan fingerprint density at radius 1 is 1.16 bits per heavy atom. The molecule has 0 radical (unpaired) electrons. The molecule has 1 amide bonds. The van der Waals surface area contributed by atoms with Crippen LogP contribution in [0.15, 0.2) is 0 Å². The lowest BCUT2D eigenvalue weighted by Crippen LogP contribution is -2.54. The van der Waals surface area contributed by atoms with Crippen molar-refractivity contribution in [2.75, 3.05) is 32.7 Å². The van der Waals surface area contributed by atoms with Crippen molar-refractivity contribution in [3.8, 4) is 6.07 Å². The summed E-state index contributed by atoms with van der Waals surface area (Å²) < 4.78 is 0. The van der Waals surface area contributed by atoms with Crippen molar-refractivity contribution in [1.82, 2.24) is 15.1 Å². The number of amides is 1. The minimum absolute atomic E-state index is 0.00575. The van der Waals surface area contributed by atoms with Crippen LogP contribution in [0.3, 0.4) is 0 Å². The van der Waals surface area contributed by atoms with Gasteiger partial charge in [-0.25, -0.2) is 0 Å². The second kappa shape index (κ2) is 8.05. The number of nitriles is 1. The van der Waals surface area contributed by atoms with Gasteiger partial charge >= 0.3 is 0 Å². The van der Waals surface area contributed by atoms with Crippen LogP contribution in [-0.2, 0) is 4.79 Å². The minimum atomic E-state index is -0.00575. The summed E-state index contributed by atoms with van der Waals surface area (Å²) in [4.78, 5) is 16.9. The first-order valence-corrected chi connectivity index (χ1v) is 10.1. The number of carbonyl (C=O) groups excluding carboxylic acids is 1. The predicted octanol–water partition coefficient (Wildman–Crippen LogP) is 2.09. The molecule has 0 aromatic heterocycles. The van der Waals surface area contributed by atoms with Crippen LogP contribution in [-0.4, -0.2) is 60.5 Å². The van der Waals surface area contributed by atoms with E-state index in [-0.39, 0.29) is 11.9 Å². The number of fused-ring (bicyclic) bond motifs is 2. The summed E-state index contributed by atoms with van der Waals surface area (Å²) >= 11 is 0. The maximum Gasteiger partial charge on any atom is 0.234 e. The lowest BCUT2D eigenvalue weighted by molar-refractivity contribution is -0.123. The van der Waals surface area contributed by atoms with E-state index in [2.05, 4.69) is 42.0 Å². The van der Waals surface area contributed by atoms with Crippen LogP contribution in [0.5, 0.6) is 0 Å². The molecule has 2 saturated carbocycles. The average molecular weight is 347 g/mol. The Hall–Kier alpha value is -1.12. The molecule has 3 rings (SSSR count). The van der Waals surface area contributed by atoms with Crippen molar-refractivity contribution < 1.29 is 4.79 Å². The molecule has 5 heteroatoms. The van der Waals surface area contributed by atoms with Gasteiger partial charge in [0.05, 0.1) is 12.6 Å². The maximum atomic E-state index is 12.4. The first-order chi connectivity index (χ1) is 12.0. The van der Waals surface area contributed by atoms with Crippen molar-refractivity contribution >= 4 is 5.91 Å². The highest BCUT2D eigenvalue weighted by Crippen LogP contribution is 2.49. The predicted molar refractivity (Wildman–Crippen MR) is 98.8 cm³/mol. The van der Waals surface area contributed by atoms with E-state index in [1.807, 2.05) is 0 Å². The molecule has 1 aliphatic heterocycles. The molecule has 1 saturated heterocycles. The average Bonchev–Trinajstić information content (AvgIpc) is 3.20. The number of carbonyl (C=O) groups is 1. The van der Waals surface area contributed by atoms with Gasteiger partial charge in [0.1, 0.15) is 6.04 Å².